The van der Waals surface area contributed by atoms with E-state index in [1.807, 2.05) is 20.8 Å². The Labute approximate surface area is 349 Å². The maximum atomic E-state index is 14.1. The van der Waals surface area contributed by atoms with Crippen LogP contribution in [0.15, 0.2) is 47.8 Å². The largest absolute Gasteiger partial charge is 0.456 e. The van der Waals surface area contributed by atoms with Crippen molar-refractivity contribution >= 4 is 41.4 Å². The number of aliphatic hydroxyl groups excluding tert-OH is 1. The smallest absolute Gasteiger partial charge is 0.328 e. The number of carbonyl (C=O) groups is 7. The van der Waals surface area contributed by atoms with E-state index in [-0.39, 0.29) is 36.7 Å². The molecule has 1 aromatic rings. The highest BCUT2D eigenvalue weighted by Crippen LogP contribution is 2.23. The van der Waals surface area contributed by atoms with Crippen molar-refractivity contribution in [3.05, 3.63) is 53.4 Å². The van der Waals surface area contributed by atoms with E-state index in [1.165, 1.54) is 32.8 Å². The van der Waals surface area contributed by atoms with Gasteiger partial charge in [-0.2, -0.15) is 0 Å². The number of likely N-dealkylation sites (N-methyl/N-ethyl adjacent to an activating group) is 2. The molecule has 0 bridgehead atoms. The van der Waals surface area contributed by atoms with Crippen LogP contribution in [0.1, 0.15) is 94.1 Å². The van der Waals surface area contributed by atoms with E-state index in [0.717, 1.165) is 4.90 Å². The van der Waals surface area contributed by atoms with E-state index in [0.29, 0.717) is 17.6 Å². The zero-order chi connectivity index (χ0) is 44.7. The number of hydrogen-bond acceptors (Lipinski definition) is 10. The van der Waals surface area contributed by atoms with Gasteiger partial charge in [-0.3, -0.25) is 33.8 Å². The fraction of sp³-hybridized carbons (Fsp3) is 0.628. The quantitative estimate of drug-likeness (QED) is 0.200. The van der Waals surface area contributed by atoms with E-state index in [1.54, 1.807) is 71.3 Å². The molecule has 2 heterocycles. The van der Waals surface area contributed by atoms with Gasteiger partial charge >= 0.3 is 5.97 Å². The monoisotopic (exact) mass is 826 g/mol. The summed E-state index contributed by atoms with van der Waals surface area (Å²) in [6, 6.07) is -2.08. The van der Waals surface area contributed by atoms with Crippen LogP contribution in [0.2, 0.25) is 0 Å². The minimum atomic E-state index is -1.14. The molecule has 5 N–H and O–H groups in total. The summed E-state index contributed by atoms with van der Waals surface area (Å²) in [6.45, 7) is 16.6. The summed E-state index contributed by atoms with van der Waals surface area (Å²) >= 11 is 0. The lowest BCUT2D eigenvalue weighted by Crippen LogP contribution is -2.58. The van der Waals surface area contributed by atoms with Crippen molar-refractivity contribution < 1.29 is 43.4 Å². The van der Waals surface area contributed by atoms with Gasteiger partial charge in [0, 0.05) is 44.4 Å². The van der Waals surface area contributed by atoms with E-state index in [4.69, 9.17) is 4.74 Å². The average Bonchev–Trinajstić information content (AvgIpc) is 3.20. The number of cyclic esters (lactones) is 1. The first-order chi connectivity index (χ1) is 27.6. The number of rotatable bonds is 7. The fourth-order valence-electron chi connectivity index (χ4n) is 6.59. The third-order valence-corrected chi connectivity index (χ3v) is 10.9. The van der Waals surface area contributed by atoms with Gasteiger partial charge in [-0.15, -0.1) is 0 Å². The van der Waals surface area contributed by atoms with E-state index in [2.05, 4.69) is 26.3 Å². The van der Waals surface area contributed by atoms with Gasteiger partial charge in [0.25, 0.3) is 0 Å². The van der Waals surface area contributed by atoms with E-state index in [9.17, 15) is 38.7 Å². The number of aliphatic hydroxyl groups is 1. The Morgan fingerprint density at radius 2 is 1.54 bits per heavy atom. The van der Waals surface area contributed by atoms with Crippen LogP contribution in [0.25, 0.3) is 0 Å². The predicted octanol–water partition coefficient (Wildman–Crippen LogP) is 2.21. The number of esters is 1. The Balaban J connectivity index is 2.62. The highest BCUT2D eigenvalue weighted by Gasteiger charge is 2.36. The maximum Gasteiger partial charge on any atom is 0.328 e. The van der Waals surface area contributed by atoms with Gasteiger partial charge in [-0.05, 0) is 82.6 Å². The summed E-state index contributed by atoms with van der Waals surface area (Å²) in [7, 11) is 2.85. The number of amides is 6. The second kappa shape index (κ2) is 23.5. The summed E-state index contributed by atoms with van der Waals surface area (Å²) in [5.74, 6) is -5.40. The van der Waals surface area contributed by atoms with Crippen molar-refractivity contribution in [2.75, 3.05) is 20.6 Å². The van der Waals surface area contributed by atoms with Crippen LogP contribution in [0.3, 0.4) is 0 Å². The van der Waals surface area contributed by atoms with Crippen LogP contribution >= 0.6 is 0 Å². The molecule has 16 heteroatoms. The number of pyridine rings is 1. The van der Waals surface area contributed by atoms with Gasteiger partial charge in [0.1, 0.15) is 36.3 Å². The third kappa shape index (κ3) is 14.9. The summed E-state index contributed by atoms with van der Waals surface area (Å²) in [5, 5.41) is 22.1. The number of carbonyl (C=O) groups excluding carboxylic acids is 7. The molecule has 0 saturated carbocycles. The number of allylic oxidation sites excluding steroid dienone is 1. The molecule has 1 unspecified atom stereocenters. The fourth-order valence-corrected chi connectivity index (χ4v) is 6.59. The lowest BCUT2D eigenvalue weighted by molar-refractivity contribution is -0.155. The van der Waals surface area contributed by atoms with Crippen molar-refractivity contribution in [3.8, 4) is 0 Å². The van der Waals surface area contributed by atoms with Gasteiger partial charge < -0.3 is 40.9 Å². The lowest BCUT2D eigenvalue weighted by atomic mass is 9.90. The topological polar surface area (TPSA) is 216 Å². The number of nitrogens with zero attached hydrogens (tertiary/aromatic N) is 3. The Hall–Kier alpha value is -5.12. The molecular weight excluding hydrogens is 759 g/mol. The molecule has 0 fully saturated rings. The zero-order valence-corrected chi connectivity index (χ0v) is 36.8. The molecule has 328 valence electrons. The molecule has 6 amide bonds. The number of aromatic nitrogens is 1. The van der Waals surface area contributed by atoms with Gasteiger partial charge in [0.05, 0.1) is 12.6 Å². The number of hydrogen-bond donors (Lipinski definition) is 5. The Morgan fingerprint density at radius 1 is 0.932 bits per heavy atom. The summed E-state index contributed by atoms with van der Waals surface area (Å²) in [6.07, 6.45) is 5.27. The molecule has 16 nitrogen and oxygen atoms in total. The van der Waals surface area contributed by atoms with Crippen molar-refractivity contribution in [1.29, 1.82) is 0 Å². The molecule has 1 aromatic heterocycles. The van der Waals surface area contributed by atoms with Crippen molar-refractivity contribution in [1.82, 2.24) is 36.1 Å². The Morgan fingerprint density at radius 3 is 2.12 bits per heavy atom. The molecule has 0 saturated heterocycles. The molecule has 59 heavy (non-hydrogen) atoms. The minimum Gasteiger partial charge on any atom is -0.456 e. The molecule has 1 aliphatic heterocycles. The second-order valence-electron chi connectivity index (χ2n) is 16.2. The van der Waals surface area contributed by atoms with Crippen LogP contribution in [0.5, 0.6) is 0 Å². The van der Waals surface area contributed by atoms with E-state index >= 15 is 0 Å². The lowest BCUT2D eigenvalue weighted by Gasteiger charge is -2.33. The maximum absolute atomic E-state index is 14.1. The van der Waals surface area contributed by atoms with Crippen LogP contribution < -0.4 is 21.3 Å². The van der Waals surface area contributed by atoms with Crippen LogP contribution in [-0.2, 0) is 44.7 Å². The molecule has 9 atom stereocenters. The predicted molar refractivity (Wildman–Crippen MR) is 223 cm³/mol. The summed E-state index contributed by atoms with van der Waals surface area (Å²) in [4.78, 5) is 102. The first kappa shape index (κ1) is 50.0. The first-order valence-electron chi connectivity index (χ1n) is 20.4. The van der Waals surface area contributed by atoms with Crippen LogP contribution in [-0.4, -0.2) is 124 Å². The molecule has 0 radical (unpaired) electrons. The molecular formula is C43H67N7O9. The first-order valence-corrected chi connectivity index (χ1v) is 20.4. The highest BCUT2D eigenvalue weighted by atomic mass is 16.5. The van der Waals surface area contributed by atoms with Crippen molar-refractivity contribution in [3.63, 3.8) is 0 Å². The summed E-state index contributed by atoms with van der Waals surface area (Å²) in [5.41, 5.74) is 1.58. The van der Waals surface area contributed by atoms with Crippen LogP contribution in [0.4, 0.5) is 0 Å². The second-order valence-corrected chi connectivity index (χ2v) is 16.2. The van der Waals surface area contributed by atoms with Crippen LogP contribution in [0, 0.1) is 17.8 Å². The SMILES string of the molecule is C/C=C(\C)[C@H]1OC(=O)[C@@H](C)NC(=O)[C@H](C(C)CC)NC(=O)CN(C)C(=O)[C@@H](Cc2ccncc2)N(C)C(=O)[C@H](C)NC(=O)[C@@H](CC(C)C)NC(=O)/C(C)=C/C[C@H](O)[C@@H]1C. The molecule has 0 aromatic carbocycles. The molecule has 2 rings (SSSR count). The highest BCUT2D eigenvalue weighted by molar-refractivity contribution is 5.98. The van der Waals surface area contributed by atoms with Gasteiger partial charge in [-0.1, -0.05) is 53.2 Å². The Bertz CT molecular complexity index is 1700. The van der Waals surface area contributed by atoms with Gasteiger partial charge in [0.2, 0.25) is 35.4 Å². The van der Waals surface area contributed by atoms with Gasteiger partial charge in [0.15, 0.2) is 0 Å². The van der Waals surface area contributed by atoms with E-state index < -0.39 is 96.3 Å². The van der Waals surface area contributed by atoms with Crippen molar-refractivity contribution in [2.45, 2.75) is 137 Å². The van der Waals surface area contributed by atoms with Gasteiger partial charge in [-0.25, -0.2) is 4.79 Å². The normalized spacial score (nSPS) is 28.8. The minimum absolute atomic E-state index is 0.0154. The Kier molecular flexibility index (Phi) is 19.9. The summed E-state index contributed by atoms with van der Waals surface area (Å²) < 4.78 is 5.87. The molecule has 0 spiro atoms. The number of nitrogens with one attached hydrogen (secondary N) is 4. The average molecular weight is 826 g/mol. The molecule has 0 aliphatic carbocycles. The van der Waals surface area contributed by atoms with Crippen molar-refractivity contribution in [2.24, 2.45) is 17.8 Å². The third-order valence-electron chi connectivity index (χ3n) is 10.9. The number of ether oxygens (including phenoxy) is 1. The standard InChI is InChI=1S/C43H67N7O9/c1-13-25(5)36-40(55)46-30(10)43(58)59-37(26(6)14-2)28(8)34(51)16-15-27(7)38(53)47-32(21-24(3)4)39(54)45-29(9)41(56)50(12)33(22-31-17-19-44-20-18-31)42(57)49(11)23-35(52)48-36/h14-15,17-20,24-25,28-30,32-34,36-37,51H,13,16,21-23H2,1-12H3,(H,45,54)(H,46,55)(H,47,53)(H,48,52)/b26-14+,27-15+/t25?,28-,29-,30+,32+,33+,34-,36-,37+/m0/s1. The zero-order valence-electron chi connectivity index (χ0n) is 36.8. The molecule has 1 aliphatic rings.